The summed E-state index contributed by atoms with van der Waals surface area (Å²) in [5, 5.41) is 13.9. The first-order valence-electron chi connectivity index (χ1n) is 5.60. The van der Waals surface area contributed by atoms with Crippen molar-refractivity contribution in [1.29, 1.82) is 0 Å². The predicted octanol–water partition coefficient (Wildman–Crippen LogP) is 2.02. The molecule has 0 spiro atoms. The van der Waals surface area contributed by atoms with E-state index in [-0.39, 0.29) is 0 Å². The minimum absolute atomic E-state index is 0.579. The standard InChI is InChI=1S/C11H23NOS/c1-4-14-10-7-5-6-9(10)12-8-11(2,3)13/h9-10,12-13H,4-8H2,1-3H3. The number of nitrogens with one attached hydrogen (secondary N) is 1. The second-order valence-electron chi connectivity index (χ2n) is 4.72. The smallest absolute Gasteiger partial charge is 0.0715 e. The molecule has 1 aliphatic rings. The molecule has 0 radical (unpaired) electrons. The van der Waals surface area contributed by atoms with Crippen LogP contribution in [0.2, 0.25) is 0 Å². The Morgan fingerprint density at radius 2 is 2.14 bits per heavy atom. The van der Waals surface area contributed by atoms with Crippen molar-refractivity contribution in [1.82, 2.24) is 5.32 Å². The highest BCUT2D eigenvalue weighted by atomic mass is 32.2. The monoisotopic (exact) mass is 217 g/mol. The van der Waals surface area contributed by atoms with Gasteiger partial charge in [-0.25, -0.2) is 0 Å². The number of hydrogen-bond donors (Lipinski definition) is 2. The fourth-order valence-electron chi connectivity index (χ4n) is 1.95. The van der Waals surface area contributed by atoms with E-state index in [1.807, 2.05) is 13.8 Å². The normalized spacial score (nSPS) is 28.3. The van der Waals surface area contributed by atoms with Gasteiger partial charge < -0.3 is 10.4 Å². The number of hydrogen-bond acceptors (Lipinski definition) is 3. The maximum Gasteiger partial charge on any atom is 0.0715 e. The summed E-state index contributed by atoms with van der Waals surface area (Å²) in [6, 6.07) is 0.617. The van der Waals surface area contributed by atoms with Gasteiger partial charge in [0.1, 0.15) is 0 Å². The van der Waals surface area contributed by atoms with Crippen LogP contribution in [0.1, 0.15) is 40.0 Å². The molecule has 2 N–H and O–H groups in total. The van der Waals surface area contributed by atoms with E-state index in [1.165, 1.54) is 25.0 Å². The van der Waals surface area contributed by atoms with Crippen molar-refractivity contribution in [2.24, 2.45) is 0 Å². The summed E-state index contributed by atoms with van der Waals surface area (Å²) in [5.74, 6) is 1.20. The molecule has 1 saturated carbocycles. The summed E-state index contributed by atoms with van der Waals surface area (Å²) in [5.41, 5.74) is -0.579. The van der Waals surface area contributed by atoms with Crippen LogP contribution in [0.15, 0.2) is 0 Å². The lowest BCUT2D eigenvalue weighted by molar-refractivity contribution is 0.0768. The second-order valence-corrected chi connectivity index (χ2v) is 6.24. The van der Waals surface area contributed by atoms with E-state index < -0.39 is 5.60 Å². The number of rotatable bonds is 5. The molecule has 0 aliphatic heterocycles. The number of thioether (sulfide) groups is 1. The Bertz CT molecular complexity index is 167. The summed E-state index contributed by atoms with van der Waals surface area (Å²) in [4.78, 5) is 0. The van der Waals surface area contributed by atoms with Gasteiger partial charge in [-0.05, 0) is 32.4 Å². The fraction of sp³-hybridized carbons (Fsp3) is 1.00. The molecule has 84 valence electrons. The molecule has 1 rings (SSSR count). The molecule has 0 saturated heterocycles. The van der Waals surface area contributed by atoms with Gasteiger partial charge in [0.15, 0.2) is 0 Å². The van der Waals surface area contributed by atoms with Crippen molar-refractivity contribution in [3.05, 3.63) is 0 Å². The van der Waals surface area contributed by atoms with Gasteiger partial charge in [-0.15, -0.1) is 0 Å². The first kappa shape index (κ1) is 12.3. The van der Waals surface area contributed by atoms with Crippen molar-refractivity contribution in [2.75, 3.05) is 12.3 Å². The fourth-order valence-corrected chi connectivity index (χ4v) is 3.18. The predicted molar refractivity (Wildman–Crippen MR) is 63.9 cm³/mol. The Labute approximate surface area is 91.9 Å². The Morgan fingerprint density at radius 1 is 1.43 bits per heavy atom. The Kier molecular flexibility index (Phi) is 4.74. The molecule has 0 aromatic heterocycles. The molecule has 2 atom stereocenters. The maximum absolute atomic E-state index is 9.62. The number of aliphatic hydroxyl groups is 1. The van der Waals surface area contributed by atoms with Crippen LogP contribution in [-0.2, 0) is 0 Å². The molecule has 14 heavy (non-hydrogen) atoms. The third-order valence-corrected chi connectivity index (χ3v) is 3.96. The van der Waals surface area contributed by atoms with Crippen molar-refractivity contribution >= 4 is 11.8 Å². The zero-order chi connectivity index (χ0) is 10.6. The SMILES string of the molecule is CCSC1CCCC1NCC(C)(C)O. The average molecular weight is 217 g/mol. The van der Waals surface area contributed by atoms with Crippen LogP contribution in [0, 0.1) is 0 Å². The topological polar surface area (TPSA) is 32.3 Å². The Morgan fingerprint density at radius 3 is 2.71 bits per heavy atom. The third-order valence-electron chi connectivity index (χ3n) is 2.63. The molecule has 1 aliphatic carbocycles. The molecule has 0 aromatic carbocycles. The van der Waals surface area contributed by atoms with Crippen LogP contribution < -0.4 is 5.32 Å². The van der Waals surface area contributed by atoms with Crippen LogP contribution in [-0.4, -0.2) is 34.3 Å². The van der Waals surface area contributed by atoms with Crippen molar-refractivity contribution in [3.63, 3.8) is 0 Å². The lowest BCUT2D eigenvalue weighted by Crippen LogP contribution is -2.43. The maximum atomic E-state index is 9.62. The largest absolute Gasteiger partial charge is 0.389 e. The van der Waals surface area contributed by atoms with Crippen LogP contribution in [0.25, 0.3) is 0 Å². The summed E-state index contributed by atoms with van der Waals surface area (Å²) in [7, 11) is 0. The van der Waals surface area contributed by atoms with E-state index in [0.29, 0.717) is 12.6 Å². The average Bonchev–Trinajstić information content (AvgIpc) is 2.48. The third kappa shape index (κ3) is 4.20. The van der Waals surface area contributed by atoms with Gasteiger partial charge in [0.2, 0.25) is 0 Å². The minimum atomic E-state index is -0.579. The quantitative estimate of drug-likeness (QED) is 0.739. The van der Waals surface area contributed by atoms with Crippen molar-refractivity contribution in [2.45, 2.75) is 56.9 Å². The second kappa shape index (κ2) is 5.38. The lowest BCUT2D eigenvalue weighted by atomic mass is 10.1. The van der Waals surface area contributed by atoms with E-state index in [1.54, 1.807) is 0 Å². The molecule has 0 bridgehead atoms. The van der Waals surface area contributed by atoms with Crippen molar-refractivity contribution < 1.29 is 5.11 Å². The van der Waals surface area contributed by atoms with E-state index >= 15 is 0 Å². The van der Waals surface area contributed by atoms with E-state index in [4.69, 9.17) is 0 Å². The molecular weight excluding hydrogens is 194 g/mol. The van der Waals surface area contributed by atoms with Crippen LogP contribution in [0.4, 0.5) is 0 Å². The highest BCUT2D eigenvalue weighted by Gasteiger charge is 2.27. The molecule has 1 fully saturated rings. The molecular formula is C11H23NOS. The van der Waals surface area contributed by atoms with Gasteiger partial charge in [0.05, 0.1) is 5.60 Å². The van der Waals surface area contributed by atoms with Gasteiger partial charge in [0.25, 0.3) is 0 Å². The van der Waals surface area contributed by atoms with Gasteiger partial charge >= 0.3 is 0 Å². The minimum Gasteiger partial charge on any atom is -0.389 e. The van der Waals surface area contributed by atoms with Crippen LogP contribution >= 0.6 is 11.8 Å². The summed E-state index contributed by atoms with van der Waals surface area (Å²) < 4.78 is 0. The van der Waals surface area contributed by atoms with Gasteiger partial charge in [0, 0.05) is 17.8 Å². The van der Waals surface area contributed by atoms with E-state index in [0.717, 1.165) is 5.25 Å². The zero-order valence-electron chi connectivity index (χ0n) is 9.55. The molecule has 2 unspecified atom stereocenters. The molecule has 2 nitrogen and oxygen atoms in total. The summed E-state index contributed by atoms with van der Waals surface area (Å²) in [6.07, 6.45) is 3.94. The summed E-state index contributed by atoms with van der Waals surface area (Å²) in [6.45, 7) is 6.64. The molecule has 0 heterocycles. The Hall–Kier alpha value is 0.270. The van der Waals surface area contributed by atoms with Crippen molar-refractivity contribution in [3.8, 4) is 0 Å². The van der Waals surface area contributed by atoms with Gasteiger partial charge in [-0.1, -0.05) is 13.3 Å². The molecule has 0 amide bonds. The first-order valence-corrected chi connectivity index (χ1v) is 6.65. The molecule has 0 aromatic rings. The lowest BCUT2D eigenvalue weighted by Gasteiger charge is -2.25. The molecule has 3 heteroatoms. The highest BCUT2D eigenvalue weighted by molar-refractivity contribution is 7.99. The van der Waals surface area contributed by atoms with E-state index in [9.17, 15) is 5.11 Å². The Balaban J connectivity index is 2.29. The van der Waals surface area contributed by atoms with Crippen LogP contribution in [0.3, 0.4) is 0 Å². The first-order chi connectivity index (χ1) is 6.53. The highest BCUT2D eigenvalue weighted by Crippen LogP contribution is 2.29. The van der Waals surface area contributed by atoms with E-state index in [2.05, 4.69) is 24.0 Å². The van der Waals surface area contributed by atoms with Gasteiger partial charge in [-0.2, -0.15) is 11.8 Å². The van der Waals surface area contributed by atoms with Crippen LogP contribution in [0.5, 0.6) is 0 Å². The zero-order valence-corrected chi connectivity index (χ0v) is 10.4. The summed E-state index contributed by atoms with van der Waals surface area (Å²) >= 11 is 2.05. The van der Waals surface area contributed by atoms with Gasteiger partial charge in [-0.3, -0.25) is 0 Å².